The molecule has 3 rings (SSSR count). The van der Waals surface area contributed by atoms with Crippen molar-refractivity contribution in [3.05, 3.63) is 59.1 Å². The van der Waals surface area contributed by atoms with Gasteiger partial charge in [-0.25, -0.2) is 15.0 Å². The van der Waals surface area contributed by atoms with E-state index in [2.05, 4.69) is 19.7 Å². The van der Waals surface area contributed by atoms with Gasteiger partial charge in [-0.1, -0.05) is 43.6 Å². The van der Waals surface area contributed by atoms with E-state index in [9.17, 15) is 8.42 Å². The maximum atomic E-state index is 12.9. The Kier molecular flexibility index (Phi) is 6.42. The SMILES string of the molecule is COc1ccccc1Oc1c(Cl)nc(C)nc1NS(=O)(=O)c1ccc(C(C)C)cn1. The molecule has 1 aromatic carbocycles. The van der Waals surface area contributed by atoms with Crippen LogP contribution < -0.4 is 14.2 Å². The van der Waals surface area contributed by atoms with E-state index in [1.807, 2.05) is 13.8 Å². The molecule has 1 N–H and O–H groups in total. The highest BCUT2D eigenvalue weighted by molar-refractivity contribution is 7.92. The fraction of sp³-hybridized carbons (Fsp3) is 0.250. The zero-order valence-corrected chi connectivity index (χ0v) is 18.5. The number of anilines is 1. The summed E-state index contributed by atoms with van der Waals surface area (Å²) in [5.41, 5.74) is 0.926. The van der Waals surface area contributed by atoms with Gasteiger partial charge in [0.05, 0.1) is 7.11 Å². The number of halogens is 1. The first-order chi connectivity index (χ1) is 14.2. The molecule has 0 saturated heterocycles. The van der Waals surface area contributed by atoms with Crippen molar-refractivity contribution in [3.63, 3.8) is 0 Å². The molecule has 2 aromatic heterocycles. The quantitative estimate of drug-likeness (QED) is 0.528. The largest absolute Gasteiger partial charge is 0.493 e. The van der Waals surface area contributed by atoms with Crippen molar-refractivity contribution in [2.24, 2.45) is 0 Å². The summed E-state index contributed by atoms with van der Waals surface area (Å²) < 4.78 is 39.2. The molecule has 0 radical (unpaired) electrons. The Morgan fingerprint density at radius 3 is 2.37 bits per heavy atom. The Balaban J connectivity index is 1.99. The van der Waals surface area contributed by atoms with E-state index in [4.69, 9.17) is 21.1 Å². The van der Waals surface area contributed by atoms with Gasteiger partial charge in [0.25, 0.3) is 10.0 Å². The van der Waals surface area contributed by atoms with Crippen LogP contribution in [0.2, 0.25) is 5.15 Å². The molecule has 2 heterocycles. The van der Waals surface area contributed by atoms with E-state index >= 15 is 0 Å². The Hall–Kier alpha value is -2.91. The van der Waals surface area contributed by atoms with Gasteiger partial charge in [0.2, 0.25) is 5.75 Å². The highest BCUT2D eigenvalue weighted by Gasteiger charge is 2.23. The number of ether oxygens (including phenoxy) is 2. The molecular formula is C20H21ClN4O4S. The third kappa shape index (κ3) is 4.80. The van der Waals surface area contributed by atoms with Crippen molar-refractivity contribution >= 4 is 27.4 Å². The van der Waals surface area contributed by atoms with Gasteiger partial charge >= 0.3 is 0 Å². The van der Waals surface area contributed by atoms with Gasteiger partial charge in [-0.05, 0) is 36.6 Å². The number of nitrogens with zero attached hydrogens (tertiary/aromatic N) is 3. The van der Waals surface area contributed by atoms with Crippen molar-refractivity contribution in [2.45, 2.75) is 31.7 Å². The van der Waals surface area contributed by atoms with Crippen LogP contribution in [0.15, 0.2) is 47.6 Å². The second kappa shape index (κ2) is 8.85. The Morgan fingerprint density at radius 1 is 1.07 bits per heavy atom. The second-order valence-electron chi connectivity index (χ2n) is 6.68. The lowest BCUT2D eigenvalue weighted by Gasteiger charge is -2.15. The van der Waals surface area contributed by atoms with E-state index in [-0.39, 0.29) is 33.5 Å². The zero-order valence-electron chi connectivity index (χ0n) is 16.9. The molecule has 0 bridgehead atoms. The lowest BCUT2D eigenvalue weighted by atomic mass is 10.1. The molecule has 0 amide bonds. The number of aromatic nitrogens is 3. The van der Waals surface area contributed by atoms with Gasteiger partial charge in [0, 0.05) is 6.20 Å². The molecule has 3 aromatic rings. The predicted molar refractivity (Wildman–Crippen MR) is 114 cm³/mol. The van der Waals surface area contributed by atoms with Crippen LogP contribution in [0.4, 0.5) is 5.82 Å². The monoisotopic (exact) mass is 448 g/mol. The third-order valence-corrected chi connectivity index (χ3v) is 5.66. The van der Waals surface area contributed by atoms with Crippen LogP contribution in [0.3, 0.4) is 0 Å². The summed E-state index contributed by atoms with van der Waals surface area (Å²) in [4.78, 5) is 12.3. The highest BCUT2D eigenvalue weighted by Crippen LogP contribution is 2.38. The minimum atomic E-state index is -4.04. The Labute approximate surface area is 180 Å². The van der Waals surface area contributed by atoms with Crippen LogP contribution >= 0.6 is 11.6 Å². The molecule has 0 aliphatic heterocycles. The first-order valence-corrected chi connectivity index (χ1v) is 10.9. The molecule has 30 heavy (non-hydrogen) atoms. The number of nitrogens with one attached hydrogen (secondary N) is 1. The number of pyridine rings is 1. The normalized spacial score (nSPS) is 11.4. The standard InChI is InChI=1S/C20H21ClN4O4S/c1-12(2)14-9-10-17(22-11-14)30(26,27)25-20-18(19(21)23-13(3)24-20)29-16-8-6-5-7-15(16)28-4/h5-12H,1-4H3,(H,23,24,25). The van der Waals surface area contributed by atoms with Crippen molar-refractivity contribution < 1.29 is 17.9 Å². The van der Waals surface area contributed by atoms with Crippen LogP contribution in [0, 0.1) is 6.92 Å². The van der Waals surface area contributed by atoms with E-state index in [0.717, 1.165) is 5.56 Å². The fourth-order valence-corrected chi connectivity index (χ4v) is 3.76. The molecule has 0 atom stereocenters. The number of sulfonamides is 1. The average Bonchev–Trinajstić information content (AvgIpc) is 2.70. The minimum absolute atomic E-state index is 0.0470. The number of hydrogen-bond donors (Lipinski definition) is 1. The van der Waals surface area contributed by atoms with Crippen molar-refractivity contribution in [1.29, 1.82) is 0 Å². The van der Waals surface area contributed by atoms with Gasteiger partial charge in [-0.3, -0.25) is 4.72 Å². The smallest absolute Gasteiger partial charge is 0.280 e. The summed E-state index contributed by atoms with van der Waals surface area (Å²) in [6.45, 7) is 5.58. The highest BCUT2D eigenvalue weighted by atomic mass is 35.5. The maximum Gasteiger partial charge on any atom is 0.280 e. The molecule has 0 unspecified atom stereocenters. The summed E-state index contributed by atoms with van der Waals surface area (Å²) in [6, 6.07) is 10.0. The lowest BCUT2D eigenvalue weighted by molar-refractivity contribution is 0.378. The summed E-state index contributed by atoms with van der Waals surface area (Å²) in [5, 5.41) is -0.197. The van der Waals surface area contributed by atoms with Crippen LogP contribution in [0.25, 0.3) is 0 Å². The van der Waals surface area contributed by atoms with Gasteiger partial charge in [0.15, 0.2) is 27.5 Å². The number of methoxy groups -OCH3 is 1. The first-order valence-electron chi connectivity index (χ1n) is 9.05. The Bertz CT molecular complexity index is 1150. The van der Waals surface area contributed by atoms with Gasteiger partial charge < -0.3 is 9.47 Å². The molecule has 158 valence electrons. The molecule has 0 aliphatic carbocycles. The third-order valence-electron chi connectivity index (χ3n) is 4.15. The van der Waals surface area contributed by atoms with Crippen LogP contribution in [-0.4, -0.2) is 30.5 Å². The summed E-state index contributed by atoms with van der Waals surface area (Å²) in [6.07, 6.45) is 1.53. The van der Waals surface area contributed by atoms with Crippen molar-refractivity contribution in [2.75, 3.05) is 11.8 Å². The predicted octanol–water partition coefficient (Wildman–Crippen LogP) is 4.56. The molecule has 0 spiro atoms. The zero-order chi connectivity index (χ0) is 21.9. The second-order valence-corrected chi connectivity index (χ2v) is 8.67. The van der Waals surface area contributed by atoms with E-state index in [0.29, 0.717) is 11.5 Å². The van der Waals surface area contributed by atoms with Gasteiger partial charge in [-0.15, -0.1) is 0 Å². The maximum absolute atomic E-state index is 12.9. The topological polar surface area (TPSA) is 103 Å². The van der Waals surface area contributed by atoms with E-state index in [1.54, 1.807) is 37.3 Å². The van der Waals surface area contributed by atoms with Crippen LogP contribution in [0.5, 0.6) is 17.2 Å². The molecular weight excluding hydrogens is 428 g/mol. The minimum Gasteiger partial charge on any atom is -0.493 e. The van der Waals surface area contributed by atoms with E-state index < -0.39 is 10.0 Å². The number of hydrogen-bond acceptors (Lipinski definition) is 7. The molecule has 0 saturated carbocycles. The van der Waals surface area contributed by atoms with Crippen LogP contribution in [-0.2, 0) is 10.0 Å². The summed E-state index contributed by atoms with van der Waals surface area (Å²) in [5.74, 6) is 1.12. The molecule has 0 aliphatic rings. The number of rotatable bonds is 7. The molecule has 0 fully saturated rings. The van der Waals surface area contributed by atoms with Crippen molar-refractivity contribution in [1.82, 2.24) is 15.0 Å². The van der Waals surface area contributed by atoms with Gasteiger partial charge in [-0.2, -0.15) is 8.42 Å². The Morgan fingerprint density at radius 2 is 1.77 bits per heavy atom. The lowest BCUT2D eigenvalue weighted by Crippen LogP contribution is -2.17. The van der Waals surface area contributed by atoms with Crippen LogP contribution in [0.1, 0.15) is 31.2 Å². The number of para-hydroxylation sites is 2. The van der Waals surface area contributed by atoms with Crippen molar-refractivity contribution in [3.8, 4) is 17.2 Å². The van der Waals surface area contributed by atoms with Gasteiger partial charge in [0.1, 0.15) is 5.82 Å². The summed E-state index contributed by atoms with van der Waals surface area (Å²) in [7, 11) is -2.55. The summed E-state index contributed by atoms with van der Waals surface area (Å²) >= 11 is 6.24. The number of aryl methyl sites for hydroxylation is 1. The molecule has 10 heteroatoms. The fourth-order valence-electron chi connectivity index (χ4n) is 2.57. The molecule has 8 nitrogen and oxygen atoms in total. The number of benzene rings is 1. The first kappa shape index (κ1) is 21.8. The van der Waals surface area contributed by atoms with E-state index in [1.165, 1.54) is 19.4 Å². The average molecular weight is 449 g/mol.